The molecule has 1 aromatic heterocycles. The van der Waals surface area contributed by atoms with E-state index in [9.17, 15) is 0 Å². The molecule has 0 saturated carbocycles. The van der Waals surface area contributed by atoms with E-state index in [1.54, 1.807) is 0 Å². The van der Waals surface area contributed by atoms with Crippen LogP contribution in [0.2, 0.25) is 5.02 Å². The van der Waals surface area contributed by atoms with Crippen LogP contribution < -0.4 is 0 Å². The maximum Gasteiger partial charge on any atom is 0.106 e. The van der Waals surface area contributed by atoms with E-state index in [-0.39, 0.29) is 0 Å². The van der Waals surface area contributed by atoms with Gasteiger partial charge in [0, 0.05) is 7.05 Å². The van der Waals surface area contributed by atoms with E-state index >= 15 is 0 Å². The number of halogens is 1. The number of benzene rings is 1. The lowest BCUT2D eigenvalue weighted by Crippen LogP contribution is -1.94. The number of hydrogen-bond acceptors (Lipinski definition) is 1. The summed E-state index contributed by atoms with van der Waals surface area (Å²) in [5.41, 5.74) is 0.997. The molecule has 1 aromatic carbocycles. The zero-order valence-electron chi connectivity index (χ0n) is 7.12. The van der Waals surface area contributed by atoms with Gasteiger partial charge in [0.25, 0.3) is 0 Å². The topological polar surface area (TPSA) is 4.93 Å². The first-order valence-corrected chi connectivity index (χ1v) is 4.73. The van der Waals surface area contributed by atoms with Crippen molar-refractivity contribution in [2.75, 3.05) is 0 Å². The van der Waals surface area contributed by atoms with Gasteiger partial charge in [-0.05, 0) is 23.6 Å². The number of aryl methyl sites for hydroxylation is 1. The molecule has 0 radical (unpaired) electrons. The summed E-state index contributed by atoms with van der Waals surface area (Å²) in [6.07, 6.45) is 0. The van der Waals surface area contributed by atoms with Crippen LogP contribution >= 0.6 is 23.8 Å². The van der Waals surface area contributed by atoms with E-state index in [0.29, 0.717) is 0 Å². The predicted molar refractivity (Wildman–Crippen MR) is 58.8 cm³/mol. The molecule has 0 unspecified atom stereocenters. The fourth-order valence-corrected chi connectivity index (χ4v) is 1.87. The Bertz CT molecular complexity index is 516. The van der Waals surface area contributed by atoms with Crippen LogP contribution in [0.4, 0.5) is 0 Å². The van der Waals surface area contributed by atoms with Crippen molar-refractivity contribution in [2.24, 2.45) is 7.05 Å². The number of para-hydroxylation sites is 1. The van der Waals surface area contributed by atoms with Crippen LogP contribution in [0.15, 0.2) is 30.3 Å². The highest BCUT2D eigenvalue weighted by Gasteiger charge is 2.00. The van der Waals surface area contributed by atoms with Crippen LogP contribution in [-0.4, -0.2) is 4.57 Å². The fraction of sp³-hybridized carbons (Fsp3) is 0.100. The second-order valence-electron chi connectivity index (χ2n) is 2.91. The molecule has 0 bridgehead atoms. The maximum absolute atomic E-state index is 6.07. The molecule has 1 nitrogen and oxygen atoms in total. The van der Waals surface area contributed by atoms with Crippen LogP contribution in [0.25, 0.3) is 10.9 Å². The molecular weight excluding hydrogens is 202 g/mol. The maximum atomic E-state index is 6.07. The summed E-state index contributed by atoms with van der Waals surface area (Å²) in [6, 6.07) is 9.74. The zero-order chi connectivity index (χ0) is 9.42. The third-order valence-corrected chi connectivity index (χ3v) is 2.80. The zero-order valence-corrected chi connectivity index (χ0v) is 8.69. The minimum Gasteiger partial charge on any atom is -0.334 e. The van der Waals surface area contributed by atoms with Crippen molar-refractivity contribution < 1.29 is 0 Å². The first-order valence-electron chi connectivity index (χ1n) is 3.94. The molecule has 1 heterocycles. The van der Waals surface area contributed by atoms with Gasteiger partial charge in [-0.25, -0.2) is 0 Å². The number of hydrogen-bond donors (Lipinski definition) is 0. The van der Waals surface area contributed by atoms with Crippen molar-refractivity contribution in [1.82, 2.24) is 4.57 Å². The van der Waals surface area contributed by atoms with Gasteiger partial charge in [0.2, 0.25) is 0 Å². The van der Waals surface area contributed by atoms with Gasteiger partial charge in [0.1, 0.15) is 4.64 Å². The average Bonchev–Trinajstić information content (AvgIpc) is 2.12. The first kappa shape index (κ1) is 8.73. The Kier molecular flexibility index (Phi) is 2.10. The van der Waals surface area contributed by atoms with Gasteiger partial charge in [0.15, 0.2) is 0 Å². The fourth-order valence-electron chi connectivity index (χ4n) is 1.40. The van der Waals surface area contributed by atoms with Crippen LogP contribution in [0.1, 0.15) is 0 Å². The second-order valence-corrected chi connectivity index (χ2v) is 3.73. The number of pyridine rings is 1. The van der Waals surface area contributed by atoms with Gasteiger partial charge in [-0.1, -0.05) is 36.0 Å². The quantitative estimate of drug-likeness (QED) is 0.601. The summed E-state index contributed by atoms with van der Waals surface area (Å²) in [6.45, 7) is 0. The summed E-state index contributed by atoms with van der Waals surface area (Å²) in [4.78, 5) is 0. The molecule has 2 rings (SSSR count). The Morgan fingerprint density at radius 2 is 2.00 bits per heavy atom. The number of rotatable bonds is 0. The van der Waals surface area contributed by atoms with Crippen molar-refractivity contribution >= 4 is 34.7 Å². The van der Waals surface area contributed by atoms with E-state index in [0.717, 1.165) is 20.6 Å². The third-order valence-electron chi connectivity index (χ3n) is 2.09. The lowest BCUT2D eigenvalue weighted by atomic mass is 10.2. The summed E-state index contributed by atoms with van der Waals surface area (Å²) in [7, 11) is 1.93. The Labute approximate surface area is 86.6 Å². The molecule has 0 saturated heterocycles. The SMILES string of the molecule is Cn1c(=S)ccc2cccc(Cl)c21. The predicted octanol–water partition coefficient (Wildman–Crippen LogP) is 3.56. The van der Waals surface area contributed by atoms with E-state index in [1.165, 1.54) is 0 Å². The van der Waals surface area contributed by atoms with Gasteiger partial charge in [0.05, 0.1) is 10.5 Å². The van der Waals surface area contributed by atoms with Crippen molar-refractivity contribution in [2.45, 2.75) is 0 Å². The van der Waals surface area contributed by atoms with Crippen molar-refractivity contribution in [3.63, 3.8) is 0 Å². The molecule has 13 heavy (non-hydrogen) atoms. The summed E-state index contributed by atoms with van der Waals surface area (Å²) < 4.78 is 2.72. The molecular formula is C10H8ClNS. The highest BCUT2D eigenvalue weighted by molar-refractivity contribution is 7.71. The molecule has 0 amide bonds. The van der Waals surface area contributed by atoms with Crippen molar-refractivity contribution in [3.05, 3.63) is 40.0 Å². The lowest BCUT2D eigenvalue weighted by molar-refractivity contribution is 0.936. The minimum absolute atomic E-state index is 0.742. The Balaban J connectivity index is 3.05. The Hall–Kier alpha value is -0.860. The molecule has 0 spiro atoms. The minimum atomic E-state index is 0.742. The van der Waals surface area contributed by atoms with Crippen LogP contribution in [0.5, 0.6) is 0 Å². The van der Waals surface area contributed by atoms with Gasteiger partial charge in [-0.15, -0.1) is 0 Å². The number of aromatic nitrogens is 1. The molecule has 0 N–H and O–H groups in total. The van der Waals surface area contributed by atoms with Gasteiger partial charge in [-0.2, -0.15) is 0 Å². The van der Waals surface area contributed by atoms with Crippen molar-refractivity contribution in [3.8, 4) is 0 Å². The van der Waals surface area contributed by atoms with E-state index in [1.807, 2.05) is 41.9 Å². The first-order chi connectivity index (χ1) is 6.20. The molecule has 3 heteroatoms. The van der Waals surface area contributed by atoms with Crippen LogP contribution in [-0.2, 0) is 7.05 Å². The standard InChI is InChI=1S/C10H8ClNS/c1-12-9(13)6-5-7-3-2-4-8(11)10(7)12/h2-6H,1H3. The molecule has 0 aliphatic rings. The highest BCUT2D eigenvalue weighted by Crippen LogP contribution is 2.22. The van der Waals surface area contributed by atoms with E-state index in [2.05, 4.69) is 0 Å². The summed E-state index contributed by atoms with van der Waals surface area (Å²) in [5, 5.41) is 1.86. The molecule has 2 aromatic rings. The van der Waals surface area contributed by atoms with E-state index < -0.39 is 0 Å². The lowest BCUT2D eigenvalue weighted by Gasteiger charge is -2.06. The highest BCUT2D eigenvalue weighted by atomic mass is 35.5. The summed E-state index contributed by atoms with van der Waals surface area (Å²) >= 11 is 11.2. The average molecular weight is 210 g/mol. The largest absolute Gasteiger partial charge is 0.334 e. The Morgan fingerprint density at radius 1 is 1.23 bits per heavy atom. The smallest absolute Gasteiger partial charge is 0.106 e. The second kappa shape index (κ2) is 3.13. The van der Waals surface area contributed by atoms with Gasteiger partial charge in [-0.3, -0.25) is 0 Å². The molecule has 0 aliphatic heterocycles. The van der Waals surface area contributed by atoms with Gasteiger partial charge >= 0.3 is 0 Å². The van der Waals surface area contributed by atoms with Gasteiger partial charge < -0.3 is 4.57 Å². The van der Waals surface area contributed by atoms with Crippen molar-refractivity contribution in [1.29, 1.82) is 0 Å². The Morgan fingerprint density at radius 3 is 2.77 bits per heavy atom. The number of nitrogens with zero attached hydrogens (tertiary/aromatic N) is 1. The molecule has 66 valence electrons. The molecule has 0 aliphatic carbocycles. The normalized spacial score (nSPS) is 10.6. The van der Waals surface area contributed by atoms with E-state index in [4.69, 9.17) is 23.8 Å². The summed E-state index contributed by atoms with van der Waals surface area (Å²) in [5.74, 6) is 0. The molecule has 0 fully saturated rings. The third kappa shape index (κ3) is 1.36. The van der Waals surface area contributed by atoms with Crippen LogP contribution in [0, 0.1) is 4.64 Å². The number of fused-ring (bicyclic) bond motifs is 1. The van der Waals surface area contributed by atoms with Crippen LogP contribution in [0.3, 0.4) is 0 Å². The molecule has 0 atom stereocenters. The monoisotopic (exact) mass is 209 g/mol.